The van der Waals surface area contributed by atoms with Gasteiger partial charge in [0.25, 0.3) is 0 Å². The third-order valence-electron chi connectivity index (χ3n) is 2.99. The molecule has 18 heavy (non-hydrogen) atoms. The molecular weight excluding hydrogens is 228 g/mol. The van der Waals surface area contributed by atoms with E-state index in [9.17, 15) is 5.11 Å². The lowest BCUT2D eigenvalue weighted by atomic mass is 10.0. The molecule has 2 aromatic rings. The summed E-state index contributed by atoms with van der Waals surface area (Å²) in [5.74, 6) is 0.840. The third kappa shape index (κ3) is 2.71. The van der Waals surface area contributed by atoms with Crippen molar-refractivity contribution in [3.05, 3.63) is 47.3 Å². The van der Waals surface area contributed by atoms with E-state index < -0.39 is 6.10 Å². The molecule has 0 aliphatic rings. The van der Waals surface area contributed by atoms with Crippen LogP contribution in [0.2, 0.25) is 0 Å². The second kappa shape index (κ2) is 5.23. The molecule has 0 saturated heterocycles. The number of methoxy groups -OCH3 is 1. The van der Waals surface area contributed by atoms with Gasteiger partial charge in [-0.05, 0) is 35.7 Å². The van der Waals surface area contributed by atoms with Crippen molar-refractivity contribution in [2.45, 2.75) is 19.4 Å². The van der Waals surface area contributed by atoms with Gasteiger partial charge in [0.2, 0.25) is 0 Å². The Morgan fingerprint density at radius 1 is 1.44 bits per heavy atom. The predicted molar refractivity (Wildman–Crippen MR) is 69.6 cm³/mol. The number of hydrogen-bond acceptors (Lipinski definition) is 3. The van der Waals surface area contributed by atoms with Crippen LogP contribution < -0.4 is 4.74 Å². The summed E-state index contributed by atoms with van der Waals surface area (Å²) in [6, 6.07) is 5.74. The van der Waals surface area contributed by atoms with E-state index in [2.05, 4.69) is 5.10 Å². The van der Waals surface area contributed by atoms with E-state index in [1.165, 1.54) is 0 Å². The van der Waals surface area contributed by atoms with Crippen LogP contribution in [0.25, 0.3) is 0 Å². The number of rotatable bonds is 4. The Hall–Kier alpha value is -1.81. The molecule has 0 spiro atoms. The molecule has 1 aromatic carbocycles. The number of aromatic nitrogens is 2. The van der Waals surface area contributed by atoms with Gasteiger partial charge in [0.15, 0.2) is 0 Å². The Morgan fingerprint density at radius 2 is 2.22 bits per heavy atom. The van der Waals surface area contributed by atoms with Crippen LogP contribution in [0.3, 0.4) is 0 Å². The van der Waals surface area contributed by atoms with Crippen LogP contribution in [-0.2, 0) is 13.5 Å². The van der Waals surface area contributed by atoms with E-state index in [1.807, 2.05) is 38.4 Å². The largest absolute Gasteiger partial charge is 0.496 e. The van der Waals surface area contributed by atoms with Crippen molar-refractivity contribution in [1.29, 1.82) is 0 Å². The van der Waals surface area contributed by atoms with E-state index in [0.29, 0.717) is 6.42 Å². The number of hydrogen-bond donors (Lipinski definition) is 1. The first kappa shape index (κ1) is 12.6. The van der Waals surface area contributed by atoms with Gasteiger partial charge in [-0.3, -0.25) is 4.68 Å². The van der Waals surface area contributed by atoms with Gasteiger partial charge in [-0.2, -0.15) is 5.10 Å². The number of aryl methyl sites for hydroxylation is 2. The lowest BCUT2D eigenvalue weighted by molar-refractivity contribution is 0.178. The summed E-state index contributed by atoms with van der Waals surface area (Å²) in [4.78, 5) is 0. The molecular formula is C14H18N2O2. The Bertz CT molecular complexity index is 534. The van der Waals surface area contributed by atoms with Crippen molar-refractivity contribution < 1.29 is 9.84 Å². The first-order valence-electron chi connectivity index (χ1n) is 5.90. The van der Waals surface area contributed by atoms with E-state index in [4.69, 9.17) is 4.74 Å². The summed E-state index contributed by atoms with van der Waals surface area (Å²) in [7, 11) is 3.52. The van der Waals surface area contributed by atoms with Crippen LogP contribution >= 0.6 is 0 Å². The van der Waals surface area contributed by atoms with Gasteiger partial charge in [-0.1, -0.05) is 6.07 Å². The molecule has 0 fully saturated rings. The highest BCUT2D eigenvalue weighted by Gasteiger charge is 2.11. The molecule has 1 heterocycles. The van der Waals surface area contributed by atoms with Gasteiger partial charge in [0.05, 0.1) is 19.4 Å². The van der Waals surface area contributed by atoms with Crippen LogP contribution in [0.15, 0.2) is 30.6 Å². The van der Waals surface area contributed by atoms with Gasteiger partial charge < -0.3 is 9.84 Å². The molecule has 0 aliphatic heterocycles. The number of aliphatic hydroxyl groups excluding tert-OH is 1. The summed E-state index contributed by atoms with van der Waals surface area (Å²) < 4.78 is 6.94. The normalized spacial score (nSPS) is 12.4. The zero-order valence-corrected chi connectivity index (χ0v) is 10.9. The number of nitrogens with zero attached hydrogens (tertiary/aromatic N) is 2. The summed E-state index contributed by atoms with van der Waals surface area (Å²) in [6.07, 6.45) is 3.75. The first-order chi connectivity index (χ1) is 8.60. The minimum atomic E-state index is -0.515. The van der Waals surface area contributed by atoms with E-state index in [-0.39, 0.29) is 0 Å². The summed E-state index contributed by atoms with van der Waals surface area (Å²) >= 11 is 0. The Kier molecular flexibility index (Phi) is 3.67. The predicted octanol–water partition coefficient (Wildman–Crippen LogP) is 2.01. The quantitative estimate of drug-likeness (QED) is 0.897. The number of benzene rings is 1. The Balaban J connectivity index is 2.13. The van der Waals surface area contributed by atoms with Crippen LogP contribution in [0.5, 0.6) is 5.75 Å². The zero-order valence-electron chi connectivity index (χ0n) is 10.9. The minimum absolute atomic E-state index is 0.515. The number of ether oxygens (including phenoxy) is 1. The Labute approximate surface area is 107 Å². The molecule has 96 valence electrons. The van der Waals surface area contributed by atoms with Crippen molar-refractivity contribution in [2.75, 3.05) is 7.11 Å². The molecule has 4 nitrogen and oxygen atoms in total. The summed E-state index contributed by atoms with van der Waals surface area (Å²) in [6.45, 7) is 1.97. The highest BCUT2D eigenvalue weighted by Crippen LogP contribution is 2.24. The number of aliphatic hydroxyl groups is 1. The van der Waals surface area contributed by atoms with Gasteiger partial charge in [0.1, 0.15) is 5.75 Å². The van der Waals surface area contributed by atoms with Crippen LogP contribution in [-0.4, -0.2) is 22.0 Å². The average Bonchev–Trinajstić information content (AvgIpc) is 2.74. The van der Waals surface area contributed by atoms with Crippen molar-refractivity contribution in [2.24, 2.45) is 7.05 Å². The third-order valence-corrected chi connectivity index (χ3v) is 2.99. The molecule has 1 atom stereocenters. The maximum Gasteiger partial charge on any atom is 0.121 e. The van der Waals surface area contributed by atoms with Crippen molar-refractivity contribution in [3.63, 3.8) is 0 Å². The molecule has 0 bridgehead atoms. The lowest BCUT2D eigenvalue weighted by Gasteiger charge is -2.12. The van der Waals surface area contributed by atoms with Gasteiger partial charge in [-0.15, -0.1) is 0 Å². The summed E-state index contributed by atoms with van der Waals surface area (Å²) in [5, 5.41) is 14.3. The lowest BCUT2D eigenvalue weighted by Crippen LogP contribution is -2.02. The second-order valence-electron chi connectivity index (χ2n) is 4.47. The molecule has 4 heteroatoms. The highest BCUT2D eigenvalue weighted by molar-refractivity contribution is 5.37. The molecule has 0 saturated carbocycles. The van der Waals surface area contributed by atoms with Crippen LogP contribution in [0.4, 0.5) is 0 Å². The van der Waals surface area contributed by atoms with Crippen LogP contribution in [0, 0.1) is 6.92 Å². The average molecular weight is 246 g/mol. The molecule has 0 aliphatic carbocycles. The van der Waals surface area contributed by atoms with Gasteiger partial charge in [0, 0.05) is 19.7 Å². The standard InChI is InChI=1S/C14H18N2O2/c1-10-6-12(4-5-14(10)18-3)13(17)7-11-8-15-16(2)9-11/h4-6,8-9,13,17H,7H2,1-3H3. The maximum absolute atomic E-state index is 10.2. The SMILES string of the molecule is COc1ccc(C(O)Cc2cnn(C)c2)cc1C. The minimum Gasteiger partial charge on any atom is -0.496 e. The fourth-order valence-electron chi connectivity index (χ4n) is 2.03. The second-order valence-corrected chi connectivity index (χ2v) is 4.47. The fourth-order valence-corrected chi connectivity index (χ4v) is 2.03. The van der Waals surface area contributed by atoms with Crippen molar-refractivity contribution in [1.82, 2.24) is 9.78 Å². The van der Waals surface area contributed by atoms with Gasteiger partial charge in [-0.25, -0.2) is 0 Å². The van der Waals surface area contributed by atoms with Crippen molar-refractivity contribution >= 4 is 0 Å². The topological polar surface area (TPSA) is 47.3 Å². The molecule has 1 unspecified atom stereocenters. The fraction of sp³-hybridized carbons (Fsp3) is 0.357. The molecule has 1 aromatic heterocycles. The van der Waals surface area contributed by atoms with Gasteiger partial charge >= 0.3 is 0 Å². The van der Waals surface area contributed by atoms with Crippen molar-refractivity contribution in [3.8, 4) is 5.75 Å². The van der Waals surface area contributed by atoms with E-state index in [0.717, 1.165) is 22.4 Å². The molecule has 2 rings (SSSR count). The Morgan fingerprint density at radius 3 is 2.78 bits per heavy atom. The van der Waals surface area contributed by atoms with E-state index >= 15 is 0 Å². The molecule has 0 amide bonds. The highest BCUT2D eigenvalue weighted by atomic mass is 16.5. The molecule has 1 N–H and O–H groups in total. The monoisotopic (exact) mass is 246 g/mol. The molecule has 0 radical (unpaired) electrons. The smallest absolute Gasteiger partial charge is 0.121 e. The first-order valence-corrected chi connectivity index (χ1v) is 5.90. The van der Waals surface area contributed by atoms with Crippen LogP contribution in [0.1, 0.15) is 22.8 Å². The maximum atomic E-state index is 10.2. The zero-order chi connectivity index (χ0) is 13.1. The van der Waals surface area contributed by atoms with E-state index in [1.54, 1.807) is 18.0 Å². The summed E-state index contributed by atoms with van der Waals surface area (Å²) in [5.41, 5.74) is 2.95.